The number of esters is 1. The lowest BCUT2D eigenvalue weighted by atomic mass is 9.93. The molecule has 1 saturated heterocycles. The Morgan fingerprint density at radius 1 is 1.50 bits per heavy atom. The van der Waals surface area contributed by atoms with Crippen LogP contribution in [0.25, 0.3) is 0 Å². The van der Waals surface area contributed by atoms with E-state index >= 15 is 0 Å². The van der Waals surface area contributed by atoms with Crippen molar-refractivity contribution >= 4 is 11.9 Å². The van der Waals surface area contributed by atoms with Gasteiger partial charge in [0, 0.05) is 12.6 Å². The van der Waals surface area contributed by atoms with Crippen LogP contribution in [0, 0.1) is 5.92 Å². The van der Waals surface area contributed by atoms with Gasteiger partial charge in [-0.3, -0.25) is 9.69 Å². The van der Waals surface area contributed by atoms with Crippen molar-refractivity contribution in [1.29, 1.82) is 0 Å². The minimum atomic E-state index is -0.412. The van der Waals surface area contributed by atoms with Gasteiger partial charge in [0.15, 0.2) is 0 Å². The first-order chi connectivity index (χ1) is 9.52. The van der Waals surface area contributed by atoms with Gasteiger partial charge in [-0.1, -0.05) is 0 Å². The summed E-state index contributed by atoms with van der Waals surface area (Å²) < 4.78 is 10.1. The summed E-state index contributed by atoms with van der Waals surface area (Å²) in [5.41, 5.74) is 5.82. The monoisotopic (exact) mass is 280 g/mol. The van der Waals surface area contributed by atoms with Crippen molar-refractivity contribution in [2.45, 2.75) is 32.4 Å². The van der Waals surface area contributed by atoms with Crippen molar-refractivity contribution < 1.29 is 18.7 Å². The molecule has 0 unspecified atom stereocenters. The van der Waals surface area contributed by atoms with Crippen molar-refractivity contribution in [2.75, 3.05) is 13.7 Å². The smallest absolute Gasteiger partial charge is 0.341 e. The number of nitrogens with zero attached hydrogens (tertiary/aromatic N) is 1. The van der Waals surface area contributed by atoms with Crippen molar-refractivity contribution in [3.05, 3.63) is 23.7 Å². The second kappa shape index (κ2) is 6.09. The maximum atomic E-state index is 11.6. The zero-order valence-corrected chi connectivity index (χ0v) is 11.8. The summed E-state index contributed by atoms with van der Waals surface area (Å²) in [6.07, 6.45) is 3.19. The van der Waals surface area contributed by atoms with E-state index in [-0.39, 0.29) is 11.8 Å². The molecule has 1 aliphatic heterocycles. The van der Waals surface area contributed by atoms with E-state index in [2.05, 4.69) is 11.8 Å². The Bertz CT molecular complexity index is 497. The molecule has 1 aliphatic rings. The Hall–Kier alpha value is -1.82. The van der Waals surface area contributed by atoms with E-state index in [0.717, 1.165) is 12.8 Å². The lowest BCUT2D eigenvalue weighted by molar-refractivity contribution is -0.124. The summed E-state index contributed by atoms with van der Waals surface area (Å²) in [6, 6.07) is 1.92. The second-order valence-corrected chi connectivity index (χ2v) is 5.20. The summed E-state index contributed by atoms with van der Waals surface area (Å²) in [4.78, 5) is 25.1. The molecule has 0 radical (unpaired) electrons. The van der Waals surface area contributed by atoms with Crippen LogP contribution in [-0.4, -0.2) is 36.5 Å². The van der Waals surface area contributed by atoms with Gasteiger partial charge in [-0.05, 0) is 25.8 Å². The Balaban J connectivity index is 2.10. The van der Waals surface area contributed by atoms with Gasteiger partial charge in [-0.15, -0.1) is 0 Å². The molecule has 0 aromatic carbocycles. The molecule has 1 aromatic heterocycles. The minimum Gasteiger partial charge on any atom is -0.467 e. The molecular formula is C14H20N2O4. The molecule has 0 bridgehead atoms. The Morgan fingerprint density at radius 2 is 2.25 bits per heavy atom. The number of amides is 1. The molecule has 1 amide bonds. The van der Waals surface area contributed by atoms with Crippen LogP contribution in [0.1, 0.15) is 35.9 Å². The number of hydrogen-bond acceptors (Lipinski definition) is 5. The van der Waals surface area contributed by atoms with E-state index in [4.69, 9.17) is 14.9 Å². The standard InChI is InChI=1S/C14H20N2O4/c1-9-3-4-10(13(15)17)7-16(9)8-12-11(5-6-20-12)14(18)19-2/h5-6,9-10H,3-4,7-8H2,1-2H3,(H2,15,17)/t9-,10+/m1/s1. The van der Waals surface area contributed by atoms with Crippen LogP contribution in [-0.2, 0) is 16.1 Å². The first-order valence-corrected chi connectivity index (χ1v) is 6.71. The average Bonchev–Trinajstić information content (AvgIpc) is 2.88. The van der Waals surface area contributed by atoms with Crippen LogP contribution in [0.3, 0.4) is 0 Å². The highest BCUT2D eigenvalue weighted by Gasteiger charge is 2.30. The topological polar surface area (TPSA) is 85.8 Å². The molecule has 2 heterocycles. The molecule has 0 saturated carbocycles. The summed E-state index contributed by atoms with van der Waals surface area (Å²) in [5.74, 6) is -0.254. The second-order valence-electron chi connectivity index (χ2n) is 5.20. The number of carbonyl (C=O) groups is 2. The fraction of sp³-hybridized carbons (Fsp3) is 0.571. The van der Waals surface area contributed by atoms with Crippen LogP contribution in [0.5, 0.6) is 0 Å². The highest BCUT2D eigenvalue weighted by atomic mass is 16.5. The number of hydrogen-bond donors (Lipinski definition) is 1. The number of rotatable bonds is 4. The van der Waals surface area contributed by atoms with Gasteiger partial charge in [0.05, 0.1) is 25.8 Å². The first kappa shape index (κ1) is 14.6. The van der Waals surface area contributed by atoms with Crippen LogP contribution >= 0.6 is 0 Å². The number of nitrogens with two attached hydrogens (primary N) is 1. The van der Waals surface area contributed by atoms with E-state index in [1.807, 2.05) is 0 Å². The van der Waals surface area contributed by atoms with E-state index in [1.54, 1.807) is 6.07 Å². The zero-order chi connectivity index (χ0) is 14.7. The van der Waals surface area contributed by atoms with Crippen LogP contribution in [0.4, 0.5) is 0 Å². The number of piperidine rings is 1. The quantitative estimate of drug-likeness (QED) is 0.836. The van der Waals surface area contributed by atoms with Crippen LogP contribution in [0.15, 0.2) is 16.7 Å². The van der Waals surface area contributed by atoms with Gasteiger partial charge < -0.3 is 14.9 Å². The average molecular weight is 280 g/mol. The largest absolute Gasteiger partial charge is 0.467 e. The summed E-state index contributed by atoms with van der Waals surface area (Å²) in [5, 5.41) is 0. The van der Waals surface area contributed by atoms with Crippen molar-refractivity contribution in [3.8, 4) is 0 Å². The SMILES string of the molecule is COC(=O)c1ccoc1CN1C[C@@H](C(N)=O)CC[C@H]1C. The molecule has 0 spiro atoms. The molecule has 0 aliphatic carbocycles. The number of methoxy groups -OCH3 is 1. The van der Waals surface area contributed by atoms with Gasteiger partial charge in [-0.25, -0.2) is 4.79 Å². The minimum absolute atomic E-state index is 0.136. The predicted molar refractivity (Wildman–Crippen MR) is 71.8 cm³/mol. The lowest BCUT2D eigenvalue weighted by Gasteiger charge is -2.36. The molecule has 2 N–H and O–H groups in total. The highest BCUT2D eigenvalue weighted by molar-refractivity contribution is 5.90. The van der Waals surface area contributed by atoms with Crippen molar-refractivity contribution in [3.63, 3.8) is 0 Å². The maximum Gasteiger partial charge on any atom is 0.341 e. The molecule has 110 valence electrons. The highest BCUT2D eigenvalue weighted by Crippen LogP contribution is 2.25. The Kier molecular flexibility index (Phi) is 4.44. The number of carbonyl (C=O) groups excluding carboxylic acids is 2. The van der Waals surface area contributed by atoms with Gasteiger partial charge in [0.2, 0.25) is 5.91 Å². The van der Waals surface area contributed by atoms with E-state index in [0.29, 0.717) is 30.5 Å². The van der Waals surface area contributed by atoms with Gasteiger partial charge >= 0.3 is 5.97 Å². The molecule has 1 aromatic rings. The van der Waals surface area contributed by atoms with Crippen molar-refractivity contribution in [1.82, 2.24) is 4.90 Å². The number of likely N-dealkylation sites (tertiary alicyclic amines) is 1. The fourth-order valence-corrected chi connectivity index (χ4v) is 2.57. The first-order valence-electron chi connectivity index (χ1n) is 6.71. The third kappa shape index (κ3) is 3.01. The van der Waals surface area contributed by atoms with E-state index < -0.39 is 5.97 Å². The Labute approximate surface area is 117 Å². The van der Waals surface area contributed by atoms with Crippen LogP contribution < -0.4 is 5.73 Å². The third-order valence-electron chi connectivity index (χ3n) is 3.91. The predicted octanol–water partition coefficient (Wildman–Crippen LogP) is 1.15. The third-order valence-corrected chi connectivity index (χ3v) is 3.91. The normalized spacial score (nSPS) is 23.5. The maximum absolute atomic E-state index is 11.6. The Morgan fingerprint density at radius 3 is 2.90 bits per heavy atom. The van der Waals surface area contributed by atoms with E-state index in [1.165, 1.54) is 13.4 Å². The molecular weight excluding hydrogens is 260 g/mol. The van der Waals surface area contributed by atoms with E-state index in [9.17, 15) is 9.59 Å². The van der Waals surface area contributed by atoms with Gasteiger partial charge in [0.1, 0.15) is 11.3 Å². The molecule has 6 nitrogen and oxygen atoms in total. The summed E-state index contributed by atoms with van der Waals surface area (Å²) in [7, 11) is 1.34. The molecule has 2 atom stereocenters. The van der Waals surface area contributed by atoms with Gasteiger partial charge in [0.25, 0.3) is 0 Å². The van der Waals surface area contributed by atoms with Crippen molar-refractivity contribution in [2.24, 2.45) is 11.7 Å². The number of ether oxygens (including phenoxy) is 1. The molecule has 20 heavy (non-hydrogen) atoms. The number of furan rings is 1. The molecule has 1 fully saturated rings. The fourth-order valence-electron chi connectivity index (χ4n) is 2.57. The summed E-state index contributed by atoms with van der Waals surface area (Å²) in [6.45, 7) is 3.16. The van der Waals surface area contributed by atoms with Crippen LogP contribution in [0.2, 0.25) is 0 Å². The molecule has 6 heteroatoms. The van der Waals surface area contributed by atoms with Gasteiger partial charge in [-0.2, -0.15) is 0 Å². The lowest BCUT2D eigenvalue weighted by Crippen LogP contribution is -2.45. The number of primary amides is 1. The summed E-state index contributed by atoms with van der Waals surface area (Å²) >= 11 is 0. The molecule has 2 rings (SSSR count). The zero-order valence-electron chi connectivity index (χ0n) is 11.8.